The normalized spacial score (nSPS) is 18.6. The van der Waals surface area contributed by atoms with Crippen LogP contribution in [0.1, 0.15) is 106 Å². The van der Waals surface area contributed by atoms with Crippen LogP contribution in [0.4, 0.5) is 9.59 Å². The van der Waals surface area contributed by atoms with Crippen LogP contribution in [0.15, 0.2) is 54.7 Å². The molecule has 0 bridgehead atoms. The molecular formula is C38H48N4O6. The van der Waals surface area contributed by atoms with E-state index in [4.69, 9.17) is 14.2 Å². The summed E-state index contributed by atoms with van der Waals surface area (Å²) in [6, 6.07) is 16.3. The molecule has 256 valence electrons. The summed E-state index contributed by atoms with van der Waals surface area (Å²) in [5, 5.41) is 4.36. The van der Waals surface area contributed by atoms with E-state index >= 15 is 0 Å². The molecule has 1 unspecified atom stereocenters. The van der Waals surface area contributed by atoms with E-state index in [2.05, 4.69) is 29.4 Å². The van der Waals surface area contributed by atoms with Gasteiger partial charge in [0.05, 0.1) is 25.0 Å². The summed E-state index contributed by atoms with van der Waals surface area (Å²) in [5.74, 6) is -0.565. The van der Waals surface area contributed by atoms with Gasteiger partial charge in [0.2, 0.25) is 0 Å². The van der Waals surface area contributed by atoms with Gasteiger partial charge in [-0.25, -0.2) is 14.4 Å². The highest BCUT2D eigenvalue weighted by Gasteiger charge is 2.49. The molecule has 0 radical (unpaired) electrons. The summed E-state index contributed by atoms with van der Waals surface area (Å²) < 4.78 is 19.1. The van der Waals surface area contributed by atoms with Gasteiger partial charge in [-0.1, -0.05) is 67.8 Å². The van der Waals surface area contributed by atoms with E-state index in [-0.39, 0.29) is 37.8 Å². The monoisotopic (exact) mass is 656 g/mol. The highest BCUT2D eigenvalue weighted by molar-refractivity contribution is 5.90. The first-order chi connectivity index (χ1) is 23.0. The number of nitrogens with zero attached hydrogens (tertiary/aromatic N) is 4. The van der Waals surface area contributed by atoms with E-state index in [0.29, 0.717) is 30.6 Å². The molecule has 1 saturated heterocycles. The molecule has 3 aromatic rings. The number of piperidine rings is 1. The lowest BCUT2D eigenvalue weighted by atomic mass is 9.73. The van der Waals surface area contributed by atoms with E-state index in [1.807, 2.05) is 49.9 Å². The number of benzene rings is 2. The number of hydrogen-bond acceptors (Lipinski definition) is 7. The first-order valence-electron chi connectivity index (χ1n) is 17.3. The molecule has 2 heterocycles. The molecule has 2 aromatic carbocycles. The summed E-state index contributed by atoms with van der Waals surface area (Å²) in [4.78, 5) is 44.6. The maximum atomic E-state index is 14.4. The predicted molar refractivity (Wildman–Crippen MR) is 182 cm³/mol. The fourth-order valence-corrected chi connectivity index (χ4v) is 7.93. The van der Waals surface area contributed by atoms with Gasteiger partial charge >= 0.3 is 18.2 Å². The molecule has 10 heteroatoms. The fourth-order valence-electron chi connectivity index (χ4n) is 7.93. The van der Waals surface area contributed by atoms with Gasteiger partial charge < -0.3 is 19.1 Å². The van der Waals surface area contributed by atoms with Gasteiger partial charge in [-0.2, -0.15) is 5.10 Å². The van der Waals surface area contributed by atoms with Crippen molar-refractivity contribution in [3.63, 3.8) is 0 Å². The average Bonchev–Trinajstić information content (AvgIpc) is 3.59. The van der Waals surface area contributed by atoms with Crippen LogP contribution in [-0.4, -0.2) is 74.7 Å². The van der Waals surface area contributed by atoms with E-state index in [1.54, 1.807) is 23.6 Å². The maximum absolute atomic E-state index is 14.4. The van der Waals surface area contributed by atoms with Gasteiger partial charge in [0, 0.05) is 31.1 Å². The molecule has 3 aliphatic rings. The van der Waals surface area contributed by atoms with Crippen LogP contribution in [-0.2, 0) is 27.8 Å². The molecule has 2 fully saturated rings. The zero-order chi connectivity index (χ0) is 34.1. The van der Waals surface area contributed by atoms with E-state index in [1.165, 1.54) is 6.20 Å². The first kappa shape index (κ1) is 33.6. The topological polar surface area (TPSA) is 103 Å². The van der Waals surface area contributed by atoms with Gasteiger partial charge in [-0.15, -0.1) is 0 Å². The molecule has 2 aliphatic carbocycles. The second-order valence-corrected chi connectivity index (χ2v) is 14.3. The molecule has 0 N–H and O–H groups in total. The highest BCUT2D eigenvalue weighted by atomic mass is 16.6. The van der Waals surface area contributed by atoms with Gasteiger partial charge in [-0.05, 0) is 75.6 Å². The summed E-state index contributed by atoms with van der Waals surface area (Å²) in [6.45, 7) is 8.42. The van der Waals surface area contributed by atoms with Crippen molar-refractivity contribution < 1.29 is 28.6 Å². The Kier molecular flexibility index (Phi) is 9.54. The predicted octanol–water partition coefficient (Wildman–Crippen LogP) is 7.45. The van der Waals surface area contributed by atoms with Crippen molar-refractivity contribution in [2.45, 2.75) is 102 Å². The molecule has 48 heavy (non-hydrogen) atoms. The lowest BCUT2D eigenvalue weighted by Crippen LogP contribution is -2.62. The molecule has 2 amide bonds. The van der Waals surface area contributed by atoms with Crippen molar-refractivity contribution in [1.82, 2.24) is 19.6 Å². The number of fused-ring (bicyclic) bond motifs is 3. The fraction of sp³-hybridized carbons (Fsp3) is 0.526. The number of carbonyl (C=O) groups excluding carboxylic acids is 3. The first-order valence-corrected chi connectivity index (χ1v) is 17.3. The highest BCUT2D eigenvalue weighted by Crippen LogP contribution is 2.45. The van der Waals surface area contributed by atoms with Crippen molar-refractivity contribution in [2.75, 3.05) is 19.8 Å². The van der Waals surface area contributed by atoms with Crippen LogP contribution >= 0.6 is 0 Å². The molecule has 1 saturated carbocycles. The third-order valence-corrected chi connectivity index (χ3v) is 10.2. The van der Waals surface area contributed by atoms with E-state index in [9.17, 15) is 14.4 Å². The third-order valence-electron chi connectivity index (χ3n) is 10.2. The Hall–Kier alpha value is -4.34. The second kappa shape index (κ2) is 13.6. The minimum absolute atomic E-state index is 0.0892. The zero-order valence-electron chi connectivity index (χ0n) is 28.9. The van der Waals surface area contributed by atoms with Gasteiger partial charge in [0.1, 0.15) is 17.8 Å². The van der Waals surface area contributed by atoms with Crippen LogP contribution in [0.25, 0.3) is 11.1 Å². The quantitative estimate of drug-likeness (QED) is 0.192. The van der Waals surface area contributed by atoms with Crippen LogP contribution in [0.2, 0.25) is 0 Å². The summed E-state index contributed by atoms with van der Waals surface area (Å²) in [6.07, 6.45) is 6.72. The molecule has 6 rings (SSSR count). The minimum atomic E-state index is -0.611. The number of hydrogen-bond donors (Lipinski definition) is 0. The molecule has 10 nitrogen and oxygen atoms in total. The van der Waals surface area contributed by atoms with Crippen molar-refractivity contribution in [3.05, 3.63) is 77.1 Å². The van der Waals surface area contributed by atoms with Gasteiger partial charge in [0.15, 0.2) is 0 Å². The Balaban J connectivity index is 1.30. The lowest BCUT2D eigenvalue weighted by molar-refractivity contribution is -0.0462. The SMILES string of the molecule is CCOC(=O)c1cnn(C)c1CN(C(=O)OCC1c2ccccc2-c2ccccc21)C1CCN(C(=O)OC(C)(C)C)C2(CCCCC2)C1. The largest absolute Gasteiger partial charge is 0.462 e. The van der Waals surface area contributed by atoms with Gasteiger partial charge in [-0.3, -0.25) is 9.58 Å². The number of likely N-dealkylation sites (tertiary alicyclic amines) is 1. The average molecular weight is 657 g/mol. The molecule has 1 aromatic heterocycles. The number of rotatable bonds is 7. The summed E-state index contributed by atoms with van der Waals surface area (Å²) >= 11 is 0. The van der Waals surface area contributed by atoms with E-state index < -0.39 is 23.2 Å². The number of aromatic nitrogens is 2. The third kappa shape index (κ3) is 6.66. The molecule has 1 spiro atoms. The Morgan fingerprint density at radius 3 is 2.23 bits per heavy atom. The summed E-state index contributed by atoms with van der Waals surface area (Å²) in [7, 11) is 1.77. The summed E-state index contributed by atoms with van der Waals surface area (Å²) in [5.41, 5.74) is 4.47. The minimum Gasteiger partial charge on any atom is -0.462 e. The van der Waals surface area contributed by atoms with Crippen LogP contribution in [0, 0.1) is 0 Å². The number of amides is 2. The lowest BCUT2D eigenvalue weighted by Gasteiger charge is -2.53. The maximum Gasteiger partial charge on any atom is 0.410 e. The Bertz CT molecular complexity index is 1610. The van der Waals surface area contributed by atoms with Crippen molar-refractivity contribution in [3.8, 4) is 11.1 Å². The standard InChI is InChI=1S/C38H48N4O6/c1-6-46-34(43)31-23-39-40(5)33(31)24-41(26-18-21-42(36(45)48-37(2,3)4)38(22-26)19-12-7-13-20-38)35(44)47-25-32-29-16-10-8-14-27(29)28-15-9-11-17-30(28)32/h8-11,14-17,23,26,32H,6-7,12-13,18-22,24-25H2,1-5H3. The Morgan fingerprint density at radius 2 is 1.60 bits per heavy atom. The molecular weight excluding hydrogens is 608 g/mol. The van der Waals surface area contributed by atoms with Crippen LogP contribution in [0.3, 0.4) is 0 Å². The van der Waals surface area contributed by atoms with Crippen LogP contribution in [0.5, 0.6) is 0 Å². The van der Waals surface area contributed by atoms with Crippen molar-refractivity contribution >= 4 is 18.2 Å². The van der Waals surface area contributed by atoms with Gasteiger partial charge in [0.25, 0.3) is 0 Å². The second-order valence-electron chi connectivity index (χ2n) is 14.3. The van der Waals surface area contributed by atoms with Crippen molar-refractivity contribution in [1.29, 1.82) is 0 Å². The zero-order valence-corrected chi connectivity index (χ0v) is 28.9. The smallest absolute Gasteiger partial charge is 0.410 e. The van der Waals surface area contributed by atoms with Crippen molar-refractivity contribution in [2.24, 2.45) is 7.05 Å². The number of esters is 1. The molecule has 1 atom stereocenters. The Morgan fingerprint density at radius 1 is 0.958 bits per heavy atom. The molecule has 1 aliphatic heterocycles. The number of ether oxygens (including phenoxy) is 3. The van der Waals surface area contributed by atoms with E-state index in [0.717, 1.165) is 54.4 Å². The van der Waals surface area contributed by atoms with Crippen LogP contribution < -0.4 is 0 Å². The number of carbonyl (C=O) groups is 3. The Labute approximate surface area is 283 Å². The number of aryl methyl sites for hydroxylation is 1.